The Morgan fingerprint density at radius 2 is 1.76 bits per heavy atom. The minimum atomic E-state index is -4.54. The molecule has 0 aliphatic heterocycles. The summed E-state index contributed by atoms with van der Waals surface area (Å²) in [6, 6.07) is 10.3. The van der Waals surface area contributed by atoms with E-state index in [-0.39, 0.29) is 11.5 Å². The highest BCUT2D eigenvalue weighted by Gasteiger charge is 2.32. The van der Waals surface area contributed by atoms with Gasteiger partial charge in [0.2, 0.25) is 0 Å². The van der Waals surface area contributed by atoms with Crippen molar-refractivity contribution < 1.29 is 22.3 Å². The molecule has 6 heteroatoms. The first-order valence-electron chi connectivity index (χ1n) is 6.03. The van der Waals surface area contributed by atoms with Crippen molar-refractivity contribution in [3.8, 4) is 5.75 Å². The maximum Gasteiger partial charge on any atom is 0.416 e. The van der Waals surface area contributed by atoms with E-state index in [4.69, 9.17) is 4.74 Å². The third kappa shape index (κ3) is 3.91. The van der Waals surface area contributed by atoms with Crippen molar-refractivity contribution in [1.29, 1.82) is 0 Å². The zero-order valence-corrected chi connectivity index (χ0v) is 11.9. The zero-order chi connectivity index (χ0) is 15.5. The second-order valence-electron chi connectivity index (χ2n) is 4.26. The van der Waals surface area contributed by atoms with Crippen molar-refractivity contribution in [2.24, 2.45) is 0 Å². The summed E-state index contributed by atoms with van der Waals surface area (Å²) in [5.41, 5.74) is -0.170. The molecule has 112 valence electrons. The van der Waals surface area contributed by atoms with Gasteiger partial charge in [0.15, 0.2) is 11.6 Å². The lowest BCUT2D eigenvalue weighted by atomic mass is 10.2. The highest BCUT2D eigenvalue weighted by Crippen LogP contribution is 2.37. The SMILES string of the molecule is CSc1cc(C(F)(F)F)cc(OCc2ccccc2)c1F. The average molecular weight is 316 g/mol. The van der Waals surface area contributed by atoms with Crippen LogP contribution in [0.2, 0.25) is 0 Å². The minimum absolute atomic E-state index is 0.00684. The molecule has 0 N–H and O–H groups in total. The highest BCUT2D eigenvalue weighted by molar-refractivity contribution is 7.98. The topological polar surface area (TPSA) is 9.23 Å². The fourth-order valence-corrected chi connectivity index (χ4v) is 2.25. The summed E-state index contributed by atoms with van der Waals surface area (Å²) in [4.78, 5) is -0.0899. The summed E-state index contributed by atoms with van der Waals surface area (Å²) < 4.78 is 57.6. The van der Waals surface area contributed by atoms with Gasteiger partial charge in [-0.3, -0.25) is 0 Å². The number of halogens is 4. The van der Waals surface area contributed by atoms with Crippen molar-refractivity contribution in [3.05, 3.63) is 59.4 Å². The fourth-order valence-electron chi connectivity index (χ4n) is 1.72. The van der Waals surface area contributed by atoms with Gasteiger partial charge in [-0.15, -0.1) is 11.8 Å². The quantitative estimate of drug-likeness (QED) is 0.570. The van der Waals surface area contributed by atoms with Crippen LogP contribution in [0, 0.1) is 5.82 Å². The van der Waals surface area contributed by atoms with Gasteiger partial charge in [0.25, 0.3) is 0 Å². The number of hydrogen-bond donors (Lipinski definition) is 0. The lowest BCUT2D eigenvalue weighted by molar-refractivity contribution is -0.137. The molecule has 2 aromatic carbocycles. The molecule has 0 unspecified atom stereocenters. The Hall–Kier alpha value is -1.69. The third-order valence-corrected chi connectivity index (χ3v) is 3.53. The number of benzene rings is 2. The largest absolute Gasteiger partial charge is 0.486 e. The molecule has 0 atom stereocenters. The summed E-state index contributed by atoms with van der Waals surface area (Å²) >= 11 is 0.907. The van der Waals surface area contributed by atoms with E-state index in [0.29, 0.717) is 6.07 Å². The molecule has 0 aliphatic carbocycles. The molecule has 21 heavy (non-hydrogen) atoms. The number of thioether (sulfide) groups is 1. The van der Waals surface area contributed by atoms with E-state index >= 15 is 0 Å². The second-order valence-corrected chi connectivity index (χ2v) is 5.11. The van der Waals surface area contributed by atoms with Crippen LogP contribution in [0.25, 0.3) is 0 Å². The monoisotopic (exact) mass is 316 g/mol. The van der Waals surface area contributed by atoms with Gasteiger partial charge in [0.05, 0.1) is 5.56 Å². The van der Waals surface area contributed by atoms with Crippen molar-refractivity contribution in [1.82, 2.24) is 0 Å². The number of rotatable bonds is 4. The van der Waals surface area contributed by atoms with Gasteiger partial charge in [0.1, 0.15) is 6.61 Å². The highest BCUT2D eigenvalue weighted by atomic mass is 32.2. The number of ether oxygens (including phenoxy) is 1. The van der Waals surface area contributed by atoms with E-state index < -0.39 is 23.3 Å². The van der Waals surface area contributed by atoms with Crippen LogP contribution in [0.4, 0.5) is 17.6 Å². The van der Waals surface area contributed by atoms with Gasteiger partial charge in [-0.05, 0) is 24.0 Å². The van der Waals surface area contributed by atoms with Gasteiger partial charge in [-0.2, -0.15) is 13.2 Å². The maximum atomic E-state index is 14.0. The molecule has 0 amide bonds. The van der Waals surface area contributed by atoms with E-state index in [1.165, 1.54) is 6.26 Å². The predicted octanol–water partition coefficient (Wildman–Crippen LogP) is 5.15. The van der Waals surface area contributed by atoms with Crippen LogP contribution in [0.3, 0.4) is 0 Å². The first-order valence-corrected chi connectivity index (χ1v) is 7.25. The molecule has 0 spiro atoms. The molecule has 0 aliphatic rings. The van der Waals surface area contributed by atoms with Gasteiger partial charge in [-0.1, -0.05) is 30.3 Å². The molecule has 2 rings (SSSR count). The molecule has 0 fully saturated rings. The Morgan fingerprint density at radius 3 is 2.33 bits per heavy atom. The van der Waals surface area contributed by atoms with Crippen LogP contribution >= 0.6 is 11.8 Å². The van der Waals surface area contributed by atoms with Crippen LogP contribution in [0.1, 0.15) is 11.1 Å². The lowest BCUT2D eigenvalue weighted by Crippen LogP contribution is -2.07. The van der Waals surface area contributed by atoms with Crippen LogP contribution in [-0.2, 0) is 12.8 Å². The maximum absolute atomic E-state index is 14.0. The van der Waals surface area contributed by atoms with Crippen molar-refractivity contribution in [2.75, 3.05) is 6.26 Å². The summed E-state index contributed by atoms with van der Waals surface area (Å²) in [6.45, 7) is 0.00684. The second kappa shape index (κ2) is 6.39. The Morgan fingerprint density at radius 1 is 1.10 bits per heavy atom. The first kappa shape index (κ1) is 15.7. The average Bonchev–Trinajstić information content (AvgIpc) is 2.46. The summed E-state index contributed by atoms with van der Waals surface area (Å²) in [6.07, 6.45) is -3.03. The predicted molar refractivity (Wildman–Crippen MR) is 74.0 cm³/mol. The van der Waals surface area contributed by atoms with E-state index in [2.05, 4.69) is 0 Å². The first-order chi connectivity index (χ1) is 9.91. The molecule has 0 radical (unpaired) electrons. The van der Waals surface area contributed by atoms with Crippen molar-refractivity contribution >= 4 is 11.8 Å². The van der Waals surface area contributed by atoms with E-state index in [9.17, 15) is 17.6 Å². The summed E-state index contributed by atoms with van der Waals surface area (Å²) in [5, 5.41) is 0. The minimum Gasteiger partial charge on any atom is -0.486 e. The smallest absolute Gasteiger partial charge is 0.416 e. The molecule has 0 saturated heterocycles. The summed E-state index contributed by atoms with van der Waals surface area (Å²) in [7, 11) is 0. The fraction of sp³-hybridized carbons (Fsp3) is 0.200. The van der Waals surface area contributed by atoms with E-state index in [0.717, 1.165) is 23.4 Å². The molecule has 0 saturated carbocycles. The standard InChI is InChI=1S/C15H12F4OS/c1-21-13-8-11(15(17,18)19)7-12(14(13)16)20-9-10-5-3-2-4-6-10/h2-8H,9H2,1H3. The molecule has 0 heterocycles. The molecule has 0 aromatic heterocycles. The third-order valence-electron chi connectivity index (χ3n) is 2.79. The van der Waals surface area contributed by atoms with Gasteiger partial charge < -0.3 is 4.74 Å². The van der Waals surface area contributed by atoms with Crippen LogP contribution in [-0.4, -0.2) is 6.26 Å². The molecule has 1 nitrogen and oxygen atoms in total. The normalized spacial score (nSPS) is 11.5. The Bertz CT molecular complexity index is 611. The number of hydrogen-bond acceptors (Lipinski definition) is 2. The van der Waals surface area contributed by atoms with E-state index in [1.54, 1.807) is 30.3 Å². The summed E-state index contributed by atoms with van der Waals surface area (Å²) in [5.74, 6) is -1.16. The van der Waals surface area contributed by atoms with Crippen LogP contribution < -0.4 is 4.74 Å². The van der Waals surface area contributed by atoms with Gasteiger partial charge >= 0.3 is 6.18 Å². The van der Waals surface area contributed by atoms with Crippen LogP contribution in [0.15, 0.2) is 47.4 Å². The molecular weight excluding hydrogens is 304 g/mol. The molecular formula is C15H12F4OS. The van der Waals surface area contributed by atoms with Crippen molar-refractivity contribution in [2.45, 2.75) is 17.7 Å². The Labute approximate surface area is 123 Å². The lowest BCUT2D eigenvalue weighted by Gasteiger charge is -2.14. The Kier molecular flexibility index (Phi) is 4.77. The van der Waals surface area contributed by atoms with Gasteiger partial charge in [0, 0.05) is 4.90 Å². The van der Waals surface area contributed by atoms with Crippen molar-refractivity contribution in [3.63, 3.8) is 0 Å². The zero-order valence-electron chi connectivity index (χ0n) is 11.1. The van der Waals surface area contributed by atoms with E-state index in [1.807, 2.05) is 0 Å². The number of alkyl halides is 3. The molecule has 2 aromatic rings. The molecule has 0 bridgehead atoms. The Balaban J connectivity index is 2.29. The van der Waals surface area contributed by atoms with Crippen LogP contribution in [0.5, 0.6) is 5.75 Å². The van der Waals surface area contributed by atoms with Gasteiger partial charge in [-0.25, -0.2) is 4.39 Å².